The Morgan fingerprint density at radius 1 is 0.977 bits per heavy atom. The maximum absolute atomic E-state index is 12.0. The van der Waals surface area contributed by atoms with Crippen molar-refractivity contribution in [1.29, 1.82) is 0 Å². The summed E-state index contributed by atoms with van der Waals surface area (Å²) in [5, 5.41) is 54.1. The lowest BCUT2D eigenvalue weighted by Crippen LogP contribution is -2.63. The Morgan fingerprint density at radius 3 is 2.50 bits per heavy atom. The molecule has 0 radical (unpaired) electrons. The first-order valence-corrected chi connectivity index (χ1v) is 17.3. The summed E-state index contributed by atoms with van der Waals surface area (Å²) in [6.07, 6.45) is 9.87. The summed E-state index contributed by atoms with van der Waals surface area (Å²) in [7, 11) is 0. The Hall–Kier alpha value is -1.59. The van der Waals surface area contributed by atoms with Crippen LogP contribution in [0.1, 0.15) is 102 Å². The third kappa shape index (κ3) is 8.60. The van der Waals surface area contributed by atoms with Crippen molar-refractivity contribution in [3.05, 3.63) is 35.4 Å². The number of rotatable bonds is 3. The first kappa shape index (κ1) is 33.8. The minimum atomic E-state index is -1.31. The minimum Gasteiger partial charge on any atom is -0.481 e. The maximum Gasteiger partial charge on any atom is 0.306 e. The molecule has 3 aliphatic heterocycles. The molecule has 3 fully saturated rings. The summed E-state index contributed by atoms with van der Waals surface area (Å²) in [6, 6.07) is 9.25. The Labute approximate surface area is 263 Å². The number of carbonyl (C=O) groups is 1. The number of nitrogens with one attached hydrogen (secondary N) is 3. The van der Waals surface area contributed by atoms with Gasteiger partial charge in [0.25, 0.3) is 0 Å². The fourth-order valence-corrected chi connectivity index (χ4v) is 9.13. The van der Waals surface area contributed by atoms with E-state index in [0.717, 1.165) is 70.6 Å². The molecule has 248 valence electrons. The molecule has 9 heteroatoms. The number of nitrogens with two attached hydrogens (primary N) is 1. The van der Waals surface area contributed by atoms with E-state index in [1.165, 1.54) is 11.1 Å². The quantitative estimate of drug-likeness (QED) is 0.256. The van der Waals surface area contributed by atoms with E-state index in [1.54, 1.807) is 0 Å². The summed E-state index contributed by atoms with van der Waals surface area (Å²) >= 11 is 0. The van der Waals surface area contributed by atoms with E-state index in [1.807, 2.05) is 6.92 Å². The number of aliphatic hydroxyl groups is 3. The molecular formula is C35H58N4O5. The van der Waals surface area contributed by atoms with Crippen LogP contribution in [0.25, 0.3) is 0 Å². The molecule has 0 amide bonds. The van der Waals surface area contributed by atoms with E-state index >= 15 is 0 Å². The molecule has 4 bridgehead atoms. The van der Waals surface area contributed by atoms with Gasteiger partial charge in [0.05, 0.1) is 30.4 Å². The number of hydrogen-bond donors (Lipinski definition) is 8. The van der Waals surface area contributed by atoms with Crippen molar-refractivity contribution in [3.8, 4) is 0 Å². The van der Waals surface area contributed by atoms with E-state index in [0.29, 0.717) is 18.8 Å². The van der Waals surface area contributed by atoms with Crippen LogP contribution in [-0.2, 0) is 17.6 Å². The molecule has 3 heterocycles. The van der Waals surface area contributed by atoms with Crippen LogP contribution in [0.3, 0.4) is 0 Å². The highest BCUT2D eigenvalue weighted by Gasteiger charge is 2.43. The summed E-state index contributed by atoms with van der Waals surface area (Å²) in [4.78, 5) is 11.7. The molecular weight excluding hydrogens is 556 g/mol. The molecule has 5 rings (SSSR count). The second kappa shape index (κ2) is 14.4. The molecule has 1 saturated carbocycles. The van der Waals surface area contributed by atoms with E-state index in [2.05, 4.69) is 47.1 Å². The molecule has 0 spiro atoms. The fraction of sp³-hybridized carbons (Fsp3) is 0.800. The molecule has 1 aromatic carbocycles. The van der Waals surface area contributed by atoms with Crippen LogP contribution in [0.4, 0.5) is 0 Å². The maximum atomic E-state index is 12.0. The van der Waals surface area contributed by atoms with Gasteiger partial charge in [-0.15, -0.1) is 0 Å². The first-order chi connectivity index (χ1) is 20.9. The predicted octanol–water partition coefficient (Wildman–Crippen LogP) is 2.83. The smallest absolute Gasteiger partial charge is 0.306 e. The SMILES string of the molecule is CC1NC(C2CCC3CCCCCC(O)(CC(=O)O)CNC4(C)CC(N)NC(Cc5cccc(c5)CC3C2O)C4)CCC1O. The van der Waals surface area contributed by atoms with Gasteiger partial charge in [0.15, 0.2) is 0 Å². The van der Waals surface area contributed by atoms with Crippen molar-refractivity contribution in [2.24, 2.45) is 23.5 Å². The van der Waals surface area contributed by atoms with Crippen molar-refractivity contribution >= 4 is 5.97 Å². The highest BCUT2D eigenvalue weighted by atomic mass is 16.4. The minimum absolute atomic E-state index is 0.0407. The molecule has 11 unspecified atom stereocenters. The van der Waals surface area contributed by atoms with Gasteiger partial charge in [-0.25, -0.2) is 0 Å². The van der Waals surface area contributed by atoms with Gasteiger partial charge in [0.1, 0.15) is 0 Å². The number of β-amino-alcohol motifs (C(OH)–C–C–N with tert-alkyl or cyclic N) is 1. The van der Waals surface area contributed by atoms with Crippen LogP contribution < -0.4 is 21.7 Å². The number of aliphatic carboxylic acids is 1. The molecule has 44 heavy (non-hydrogen) atoms. The molecule has 2 saturated heterocycles. The lowest BCUT2D eigenvalue weighted by Gasteiger charge is -2.46. The standard InChI is InChI=1S/C35H58N4O5/c1-22-30(40)13-12-29(38-22)27-11-10-25-9-4-3-5-14-35(44,20-32(41)42)21-37-34(2)18-26(39-31(36)19-34)16-23-7-6-8-24(15-23)17-28(25)33(27)43/h6-8,15,22,25-31,33,37-40,43-44H,3-5,9-14,16-21,36H2,1-2H3,(H,41,42). The average molecular weight is 615 g/mol. The van der Waals surface area contributed by atoms with Crippen LogP contribution in [0.2, 0.25) is 0 Å². The van der Waals surface area contributed by atoms with Crippen molar-refractivity contribution < 1.29 is 25.2 Å². The van der Waals surface area contributed by atoms with E-state index in [9.17, 15) is 25.2 Å². The second-order valence-corrected chi connectivity index (χ2v) is 15.3. The molecule has 4 aliphatic rings. The van der Waals surface area contributed by atoms with Crippen molar-refractivity contribution in [3.63, 3.8) is 0 Å². The van der Waals surface area contributed by atoms with Crippen LogP contribution >= 0.6 is 0 Å². The summed E-state index contributed by atoms with van der Waals surface area (Å²) < 4.78 is 0. The first-order valence-electron chi connectivity index (χ1n) is 17.3. The van der Waals surface area contributed by atoms with Crippen LogP contribution in [0.5, 0.6) is 0 Å². The topological polar surface area (TPSA) is 160 Å². The number of hydrogen-bond acceptors (Lipinski definition) is 8. The van der Waals surface area contributed by atoms with Crippen molar-refractivity contribution in [1.82, 2.24) is 16.0 Å². The van der Waals surface area contributed by atoms with Gasteiger partial charge in [-0.3, -0.25) is 10.1 Å². The average Bonchev–Trinajstić information content (AvgIpc) is 2.94. The molecule has 1 aliphatic carbocycles. The Kier molecular flexibility index (Phi) is 11.1. The largest absolute Gasteiger partial charge is 0.481 e. The van der Waals surface area contributed by atoms with Crippen molar-refractivity contribution in [2.45, 2.75) is 151 Å². The van der Waals surface area contributed by atoms with Gasteiger partial charge in [0.2, 0.25) is 0 Å². The van der Waals surface area contributed by atoms with Crippen molar-refractivity contribution in [2.75, 3.05) is 6.54 Å². The van der Waals surface area contributed by atoms with Gasteiger partial charge in [-0.1, -0.05) is 49.9 Å². The third-order valence-corrected chi connectivity index (χ3v) is 11.5. The van der Waals surface area contributed by atoms with Gasteiger partial charge in [-0.05, 0) is 94.6 Å². The van der Waals surface area contributed by atoms with Crippen LogP contribution in [-0.4, -0.2) is 80.6 Å². The second-order valence-electron chi connectivity index (χ2n) is 15.3. The lowest BCUT2D eigenvalue weighted by atomic mass is 9.65. The highest BCUT2D eigenvalue weighted by Crippen LogP contribution is 2.42. The number of benzene rings is 1. The summed E-state index contributed by atoms with van der Waals surface area (Å²) in [5.74, 6) is -0.235. The number of piperidine rings is 2. The summed E-state index contributed by atoms with van der Waals surface area (Å²) in [5.41, 5.74) is 7.37. The fourth-order valence-electron chi connectivity index (χ4n) is 9.13. The van der Waals surface area contributed by atoms with Gasteiger partial charge < -0.3 is 36.8 Å². The number of carboxylic acid groups (broad SMARTS) is 1. The zero-order valence-corrected chi connectivity index (χ0v) is 26.9. The van der Waals surface area contributed by atoms with Crippen LogP contribution in [0.15, 0.2) is 24.3 Å². The van der Waals surface area contributed by atoms with Gasteiger partial charge in [0, 0.05) is 36.1 Å². The zero-order chi connectivity index (χ0) is 31.5. The number of carboxylic acids is 1. The van der Waals surface area contributed by atoms with Gasteiger partial charge in [-0.2, -0.15) is 0 Å². The highest BCUT2D eigenvalue weighted by molar-refractivity contribution is 5.68. The molecule has 11 atom stereocenters. The van der Waals surface area contributed by atoms with E-state index in [-0.39, 0.29) is 60.7 Å². The number of fused-ring (bicyclic) bond motifs is 5. The van der Waals surface area contributed by atoms with E-state index in [4.69, 9.17) is 5.73 Å². The predicted molar refractivity (Wildman–Crippen MR) is 172 cm³/mol. The normalized spacial score (nSPS) is 42.8. The Bertz CT molecular complexity index is 1110. The van der Waals surface area contributed by atoms with Crippen LogP contribution in [0, 0.1) is 17.8 Å². The molecule has 9 nitrogen and oxygen atoms in total. The zero-order valence-electron chi connectivity index (χ0n) is 26.9. The van der Waals surface area contributed by atoms with Gasteiger partial charge >= 0.3 is 5.97 Å². The summed E-state index contributed by atoms with van der Waals surface area (Å²) in [6.45, 7) is 4.41. The third-order valence-electron chi connectivity index (χ3n) is 11.5. The lowest BCUT2D eigenvalue weighted by molar-refractivity contribution is -0.143. The molecule has 1 aromatic rings. The molecule has 0 aromatic heterocycles. The van der Waals surface area contributed by atoms with E-state index < -0.39 is 17.7 Å². The monoisotopic (exact) mass is 614 g/mol. The Balaban J connectivity index is 1.38. The Morgan fingerprint density at radius 2 is 1.75 bits per heavy atom. The molecule has 9 N–H and O–H groups in total. The number of aliphatic hydroxyl groups excluding tert-OH is 2.